The van der Waals surface area contributed by atoms with Gasteiger partial charge in [0, 0.05) is 44.0 Å². The summed E-state index contributed by atoms with van der Waals surface area (Å²) >= 11 is 0. The number of aromatic nitrogens is 1. The number of fused-ring (bicyclic) bond motifs is 8. The molecule has 3 nitrogen and oxygen atoms in total. The molecule has 0 atom stereocenters. The molecular formula is C50H32N2O. The van der Waals surface area contributed by atoms with E-state index in [1.165, 1.54) is 49.0 Å². The Morgan fingerprint density at radius 1 is 0.377 bits per heavy atom. The molecule has 0 aliphatic heterocycles. The Labute approximate surface area is 306 Å². The molecule has 0 saturated carbocycles. The van der Waals surface area contributed by atoms with E-state index in [-0.39, 0.29) is 0 Å². The third-order valence-electron chi connectivity index (χ3n) is 10.7. The van der Waals surface area contributed by atoms with Crippen molar-refractivity contribution in [3.8, 4) is 16.8 Å². The molecule has 9 aromatic carbocycles. The van der Waals surface area contributed by atoms with E-state index in [0.29, 0.717) is 0 Å². The third kappa shape index (κ3) is 4.68. The fraction of sp³-hybridized carbons (Fsp3) is 0. The van der Waals surface area contributed by atoms with Gasteiger partial charge in [0.2, 0.25) is 0 Å². The number of anilines is 3. The molecule has 0 bridgehead atoms. The Morgan fingerprint density at radius 3 is 1.83 bits per heavy atom. The molecule has 0 amide bonds. The molecule has 0 N–H and O–H groups in total. The van der Waals surface area contributed by atoms with Crippen LogP contribution in [0, 0.1) is 0 Å². The molecule has 0 aliphatic carbocycles. The van der Waals surface area contributed by atoms with Gasteiger partial charge in [-0.1, -0.05) is 127 Å². The van der Waals surface area contributed by atoms with E-state index in [0.717, 1.165) is 50.2 Å². The summed E-state index contributed by atoms with van der Waals surface area (Å²) in [4.78, 5) is 2.42. The third-order valence-corrected chi connectivity index (χ3v) is 10.7. The minimum absolute atomic E-state index is 0.878. The molecule has 0 fully saturated rings. The second kappa shape index (κ2) is 11.7. The molecule has 2 aromatic heterocycles. The first-order valence-corrected chi connectivity index (χ1v) is 18.1. The zero-order valence-electron chi connectivity index (χ0n) is 28.8. The first kappa shape index (κ1) is 29.6. The van der Waals surface area contributed by atoms with E-state index in [1.807, 2.05) is 0 Å². The molecule has 248 valence electrons. The molecule has 0 spiro atoms. The van der Waals surface area contributed by atoms with Gasteiger partial charge in [0.05, 0.1) is 16.7 Å². The Bertz CT molecular complexity index is 3170. The summed E-state index contributed by atoms with van der Waals surface area (Å²) in [7, 11) is 0. The molecule has 0 unspecified atom stereocenters. The normalized spacial score (nSPS) is 11.8. The van der Waals surface area contributed by atoms with Gasteiger partial charge in [0.15, 0.2) is 0 Å². The van der Waals surface area contributed by atoms with Gasteiger partial charge in [-0.2, -0.15) is 0 Å². The van der Waals surface area contributed by atoms with Gasteiger partial charge in [-0.15, -0.1) is 0 Å². The van der Waals surface area contributed by atoms with Crippen LogP contribution < -0.4 is 4.90 Å². The lowest BCUT2D eigenvalue weighted by Crippen LogP contribution is -2.11. The van der Waals surface area contributed by atoms with Crippen LogP contribution in [0.5, 0.6) is 0 Å². The highest BCUT2D eigenvalue weighted by Gasteiger charge is 2.21. The Hall–Kier alpha value is -7.10. The number of nitrogens with zero attached hydrogens (tertiary/aromatic N) is 2. The molecule has 11 aromatic rings. The van der Waals surface area contributed by atoms with Crippen molar-refractivity contribution in [2.45, 2.75) is 0 Å². The van der Waals surface area contributed by atoms with Crippen LogP contribution in [-0.4, -0.2) is 4.57 Å². The predicted molar refractivity (Wildman–Crippen MR) is 223 cm³/mol. The molecule has 2 heterocycles. The zero-order valence-corrected chi connectivity index (χ0v) is 28.8. The van der Waals surface area contributed by atoms with Crippen molar-refractivity contribution in [2.75, 3.05) is 4.90 Å². The lowest BCUT2D eigenvalue weighted by molar-refractivity contribution is 0.669. The number of para-hydroxylation sites is 2. The van der Waals surface area contributed by atoms with Crippen LogP contribution in [0.1, 0.15) is 0 Å². The summed E-state index contributed by atoms with van der Waals surface area (Å²) in [6.45, 7) is 0. The van der Waals surface area contributed by atoms with Gasteiger partial charge >= 0.3 is 0 Å². The number of rotatable bonds is 5. The van der Waals surface area contributed by atoms with Gasteiger partial charge < -0.3 is 13.9 Å². The molecule has 0 aliphatic rings. The maximum absolute atomic E-state index is 6.48. The lowest BCUT2D eigenvalue weighted by atomic mass is 9.96. The topological polar surface area (TPSA) is 21.3 Å². The van der Waals surface area contributed by atoms with Crippen LogP contribution in [0.2, 0.25) is 0 Å². The molecule has 53 heavy (non-hydrogen) atoms. The zero-order chi connectivity index (χ0) is 34.9. The summed E-state index contributed by atoms with van der Waals surface area (Å²) in [6.07, 6.45) is 0. The van der Waals surface area contributed by atoms with E-state index < -0.39 is 0 Å². The average molecular weight is 677 g/mol. The van der Waals surface area contributed by atoms with Crippen molar-refractivity contribution in [1.82, 2.24) is 4.57 Å². The second-order valence-electron chi connectivity index (χ2n) is 13.7. The molecular weight excluding hydrogens is 645 g/mol. The summed E-state index contributed by atoms with van der Waals surface area (Å²) in [5, 5.41) is 9.44. The minimum Gasteiger partial charge on any atom is -0.456 e. The first-order chi connectivity index (χ1) is 26.3. The quantitative estimate of drug-likeness (QED) is 0.181. The van der Waals surface area contributed by atoms with Crippen molar-refractivity contribution >= 4 is 82.4 Å². The summed E-state index contributed by atoms with van der Waals surface area (Å²) < 4.78 is 8.87. The first-order valence-electron chi connectivity index (χ1n) is 18.1. The molecule has 3 heteroatoms. The molecule has 11 rings (SSSR count). The molecule has 0 radical (unpaired) electrons. The van der Waals surface area contributed by atoms with E-state index >= 15 is 0 Å². The Balaban J connectivity index is 1.20. The monoisotopic (exact) mass is 676 g/mol. The predicted octanol–water partition coefficient (Wildman–Crippen LogP) is 14.1. The van der Waals surface area contributed by atoms with Crippen LogP contribution >= 0.6 is 0 Å². The van der Waals surface area contributed by atoms with Gasteiger partial charge in [0.1, 0.15) is 11.2 Å². The standard InChI is InChI=1S/C50H32N2O/c1-3-13-33(14-4-1)39-26-27-47(41-20-10-9-19-40(39)41)51(37-24-28-49-45(31-37)44-29-34-15-7-8-16-35(34)30-50(44)53-49)38-23-25-43-42-21-11-12-22-46(42)52(48(43)32-38)36-17-5-2-6-18-36/h1-32H. The maximum Gasteiger partial charge on any atom is 0.136 e. The number of hydrogen-bond donors (Lipinski definition) is 0. The second-order valence-corrected chi connectivity index (χ2v) is 13.7. The van der Waals surface area contributed by atoms with Gasteiger partial charge in [-0.3, -0.25) is 0 Å². The smallest absolute Gasteiger partial charge is 0.136 e. The Kier molecular flexibility index (Phi) is 6.55. The van der Waals surface area contributed by atoms with Crippen LogP contribution in [0.4, 0.5) is 17.1 Å². The highest BCUT2D eigenvalue weighted by molar-refractivity contribution is 6.14. The van der Waals surface area contributed by atoms with Crippen molar-refractivity contribution in [3.63, 3.8) is 0 Å². The SMILES string of the molecule is c1ccc(-c2ccc(N(c3ccc4oc5cc6ccccc6cc5c4c3)c3ccc4c5ccccc5n(-c5ccccc5)c4c3)c3ccccc23)cc1. The van der Waals surface area contributed by atoms with Gasteiger partial charge in [-0.05, 0) is 94.0 Å². The largest absolute Gasteiger partial charge is 0.456 e. The van der Waals surface area contributed by atoms with E-state index in [4.69, 9.17) is 4.42 Å². The number of hydrogen-bond acceptors (Lipinski definition) is 2. The van der Waals surface area contributed by atoms with Crippen molar-refractivity contribution in [1.29, 1.82) is 0 Å². The van der Waals surface area contributed by atoms with Gasteiger partial charge in [-0.25, -0.2) is 0 Å². The summed E-state index contributed by atoms with van der Waals surface area (Å²) in [5.74, 6) is 0. The minimum atomic E-state index is 0.878. The summed E-state index contributed by atoms with van der Waals surface area (Å²) in [6, 6.07) is 69.9. The fourth-order valence-corrected chi connectivity index (χ4v) is 8.32. The maximum atomic E-state index is 6.48. The highest BCUT2D eigenvalue weighted by Crippen LogP contribution is 2.45. The van der Waals surface area contributed by atoms with Crippen LogP contribution in [0.15, 0.2) is 199 Å². The van der Waals surface area contributed by atoms with Crippen molar-refractivity contribution < 1.29 is 4.42 Å². The van der Waals surface area contributed by atoms with Crippen molar-refractivity contribution in [3.05, 3.63) is 194 Å². The molecule has 0 saturated heterocycles. The Morgan fingerprint density at radius 2 is 1.00 bits per heavy atom. The number of benzene rings is 9. The van der Waals surface area contributed by atoms with E-state index in [9.17, 15) is 0 Å². The lowest BCUT2D eigenvalue weighted by Gasteiger charge is -2.28. The number of furan rings is 1. The fourth-order valence-electron chi connectivity index (χ4n) is 8.32. The summed E-state index contributed by atoms with van der Waals surface area (Å²) in [5.41, 5.74) is 10.9. The van der Waals surface area contributed by atoms with Crippen molar-refractivity contribution in [2.24, 2.45) is 0 Å². The van der Waals surface area contributed by atoms with Crippen LogP contribution in [-0.2, 0) is 0 Å². The van der Waals surface area contributed by atoms with E-state index in [1.54, 1.807) is 0 Å². The van der Waals surface area contributed by atoms with Crippen LogP contribution in [0.3, 0.4) is 0 Å². The average Bonchev–Trinajstić information content (AvgIpc) is 3.75. The van der Waals surface area contributed by atoms with E-state index in [2.05, 4.69) is 204 Å². The van der Waals surface area contributed by atoms with Gasteiger partial charge in [0.25, 0.3) is 0 Å². The highest BCUT2D eigenvalue weighted by atomic mass is 16.3. The van der Waals surface area contributed by atoms with Crippen LogP contribution in [0.25, 0.3) is 82.1 Å².